The summed E-state index contributed by atoms with van der Waals surface area (Å²) in [5.41, 5.74) is 2.86. The molecule has 2 rings (SSSR count). The molecular weight excluding hydrogens is 254 g/mol. The first-order valence-corrected chi connectivity index (χ1v) is 6.73. The highest BCUT2D eigenvalue weighted by Gasteiger charge is 2.35. The molecule has 4 nitrogen and oxygen atoms in total. The van der Waals surface area contributed by atoms with Gasteiger partial charge in [-0.05, 0) is 38.8 Å². The molecule has 4 heteroatoms. The van der Waals surface area contributed by atoms with Gasteiger partial charge in [-0.15, -0.1) is 0 Å². The van der Waals surface area contributed by atoms with Crippen LogP contribution in [0.5, 0.6) is 0 Å². The van der Waals surface area contributed by atoms with Crippen molar-refractivity contribution in [1.82, 2.24) is 0 Å². The van der Waals surface area contributed by atoms with E-state index < -0.39 is 17.8 Å². The van der Waals surface area contributed by atoms with Crippen molar-refractivity contribution in [3.05, 3.63) is 41.5 Å². The minimum Gasteiger partial charge on any atom is -0.481 e. The summed E-state index contributed by atoms with van der Waals surface area (Å²) in [6.45, 7) is 3.88. The van der Waals surface area contributed by atoms with E-state index in [0.717, 1.165) is 11.1 Å². The minimum absolute atomic E-state index is 0.218. The number of carbonyl (C=O) groups is 2. The maximum absolute atomic E-state index is 12.3. The molecule has 0 aliphatic heterocycles. The van der Waals surface area contributed by atoms with E-state index in [-0.39, 0.29) is 5.91 Å². The number of aryl methyl sites for hydroxylation is 1. The van der Waals surface area contributed by atoms with E-state index in [2.05, 4.69) is 5.32 Å². The Morgan fingerprint density at radius 2 is 1.80 bits per heavy atom. The highest BCUT2D eigenvalue weighted by Crippen LogP contribution is 2.30. The summed E-state index contributed by atoms with van der Waals surface area (Å²) in [6, 6.07) is 7.48. The lowest BCUT2D eigenvalue weighted by Gasteiger charge is -2.26. The molecule has 106 valence electrons. The van der Waals surface area contributed by atoms with Crippen LogP contribution in [0.1, 0.15) is 25.3 Å². The number of carboxylic acids is 1. The van der Waals surface area contributed by atoms with E-state index >= 15 is 0 Å². The molecule has 0 spiro atoms. The van der Waals surface area contributed by atoms with Crippen molar-refractivity contribution < 1.29 is 14.7 Å². The number of hydrogen-bond acceptors (Lipinski definition) is 2. The van der Waals surface area contributed by atoms with Gasteiger partial charge in [0.05, 0.1) is 11.8 Å². The number of carboxylic acid groups (broad SMARTS) is 1. The van der Waals surface area contributed by atoms with Crippen LogP contribution in [0.25, 0.3) is 0 Å². The molecule has 1 aromatic rings. The standard InChI is InChI=1S/C16H19NO3/c1-10-3-6-12(7-4-10)17-15(18)13-8-5-11(2)9-14(13)16(19)20/h3-7,13-14H,8-9H2,1-2H3,(H,17,18)(H,19,20). The van der Waals surface area contributed by atoms with Crippen molar-refractivity contribution in [2.45, 2.75) is 26.7 Å². The van der Waals surface area contributed by atoms with Crippen molar-refractivity contribution in [3.63, 3.8) is 0 Å². The largest absolute Gasteiger partial charge is 0.481 e. The zero-order valence-electron chi connectivity index (χ0n) is 11.7. The zero-order valence-corrected chi connectivity index (χ0v) is 11.7. The van der Waals surface area contributed by atoms with Crippen LogP contribution in [0, 0.1) is 18.8 Å². The van der Waals surface area contributed by atoms with Crippen LogP contribution in [0.3, 0.4) is 0 Å². The molecule has 1 aromatic carbocycles. The summed E-state index contributed by atoms with van der Waals surface area (Å²) < 4.78 is 0. The molecule has 0 heterocycles. The lowest BCUT2D eigenvalue weighted by atomic mass is 9.79. The van der Waals surface area contributed by atoms with E-state index in [1.54, 1.807) is 0 Å². The number of amides is 1. The van der Waals surface area contributed by atoms with Crippen LogP contribution in [-0.2, 0) is 9.59 Å². The molecule has 2 N–H and O–H groups in total. The Bertz CT molecular complexity index is 545. The van der Waals surface area contributed by atoms with Crippen LogP contribution < -0.4 is 5.32 Å². The van der Waals surface area contributed by atoms with Crippen LogP contribution in [0.15, 0.2) is 35.9 Å². The van der Waals surface area contributed by atoms with Gasteiger partial charge in [-0.25, -0.2) is 0 Å². The van der Waals surface area contributed by atoms with Crippen LogP contribution in [0.2, 0.25) is 0 Å². The fourth-order valence-electron chi connectivity index (χ4n) is 2.49. The number of nitrogens with one attached hydrogen (secondary N) is 1. The maximum atomic E-state index is 12.3. The molecule has 1 aliphatic carbocycles. The van der Waals surface area contributed by atoms with Crippen molar-refractivity contribution in [3.8, 4) is 0 Å². The second-order valence-electron chi connectivity index (χ2n) is 5.40. The fraction of sp³-hybridized carbons (Fsp3) is 0.375. The Hall–Kier alpha value is -2.10. The molecule has 0 aromatic heterocycles. The highest BCUT2D eigenvalue weighted by atomic mass is 16.4. The number of benzene rings is 1. The quantitative estimate of drug-likeness (QED) is 0.832. The molecule has 20 heavy (non-hydrogen) atoms. The van der Waals surface area contributed by atoms with Gasteiger partial charge >= 0.3 is 5.97 Å². The SMILES string of the molecule is CC1=CCC(C(=O)Nc2ccc(C)cc2)C(C(=O)O)C1. The lowest BCUT2D eigenvalue weighted by molar-refractivity contribution is -0.146. The number of hydrogen-bond donors (Lipinski definition) is 2. The smallest absolute Gasteiger partial charge is 0.307 e. The summed E-state index contributed by atoms with van der Waals surface area (Å²) >= 11 is 0. The third kappa shape index (κ3) is 3.26. The molecule has 0 radical (unpaired) electrons. The van der Waals surface area contributed by atoms with Gasteiger partial charge in [-0.3, -0.25) is 9.59 Å². The number of allylic oxidation sites excluding steroid dienone is 2. The van der Waals surface area contributed by atoms with Gasteiger partial charge in [0.25, 0.3) is 0 Å². The van der Waals surface area contributed by atoms with Gasteiger partial charge in [-0.1, -0.05) is 29.3 Å². The third-order valence-electron chi connectivity index (χ3n) is 3.72. The second kappa shape index (κ2) is 5.90. The first-order chi connectivity index (χ1) is 9.47. The Balaban J connectivity index is 2.11. The minimum atomic E-state index is -0.901. The number of aliphatic carboxylic acids is 1. The van der Waals surface area contributed by atoms with Gasteiger partial charge in [0.1, 0.15) is 0 Å². The van der Waals surface area contributed by atoms with Crippen LogP contribution in [0.4, 0.5) is 5.69 Å². The summed E-state index contributed by atoms with van der Waals surface area (Å²) in [5, 5.41) is 12.1. The predicted octanol–water partition coefficient (Wildman–Crippen LogP) is 2.99. The second-order valence-corrected chi connectivity index (χ2v) is 5.40. The maximum Gasteiger partial charge on any atom is 0.307 e. The van der Waals surface area contributed by atoms with Crippen molar-refractivity contribution >= 4 is 17.6 Å². The zero-order chi connectivity index (χ0) is 14.7. The normalized spacial score (nSPS) is 22.0. The molecule has 2 unspecified atom stereocenters. The number of carbonyl (C=O) groups excluding carboxylic acids is 1. The Morgan fingerprint density at radius 3 is 2.40 bits per heavy atom. The van der Waals surface area contributed by atoms with E-state index in [1.807, 2.05) is 44.2 Å². The average molecular weight is 273 g/mol. The summed E-state index contributed by atoms with van der Waals surface area (Å²) in [4.78, 5) is 23.6. The molecule has 0 bridgehead atoms. The van der Waals surface area contributed by atoms with Crippen molar-refractivity contribution in [1.29, 1.82) is 0 Å². The first kappa shape index (κ1) is 14.3. The van der Waals surface area contributed by atoms with Gasteiger partial charge in [-0.2, -0.15) is 0 Å². The summed E-state index contributed by atoms with van der Waals surface area (Å²) in [6.07, 6.45) is 2.89. The third-order valence-corrected chi connectivity index (χ3v) is 3.72. The van der Waals surface area contributed by atoms with E-state index in [4.69, 9.17) is 0 Å². The fourth-order valence-corrected chi connectivity index (χ4v) is 2.49. The molecular formula is C16H19NO3. The molecule has 1 amide bonds. The van der Waals surface area contributed by atoms with Crippen molar-refractivity contribution in [2.24, 2.45) is 11.8 Å². The van der Waals surface area contributed by atoms with E-state index in [0.29, 0.717) is 18.5 Å². The Morgan fingerprint density at radius 1 is 1.15 bits per heavy atom. The van der Waals surface area contributed by atoms with E-state index in [1.165, 1.54) is 0 Å². The summed E-state index contributed by atoms with van der Waals surface area (Å²) in [7, 11) is 0. The lowest BCUT2D eigenvalue weighted by Crippen LogP contribution is -2.35. The monoisotopic (exact) mass is 273 g/mol. The van der Waals surface area contributed by atoms with Crippen LogP contribution >= 0.6 is 0 Å². The molecule has 0 fully saturated rings. The number of rotatable bonds is 3. The van der Waals surface area contributed by atoms with Crippen molar-refractivity contribution in [2.75, 3.05) is 5.32 Å². The van der Waals surface area contributed by atoms with Gasteiger partial charge in [0.15, 0.2) is 0 Å². The molecule has 0 saturated carbocycles. The average Bonchev–Trinajstić information content (AvgIpc) is 2.41. The Labute approximate surface area is 118 Å². The van der Waals surface area contributed by atoms with Gasteiger partial charge in [0.2, 0.25) is 5.91 Å². The molecule has 2 atom stereocenters. The topological polar surface area (TPSA) is 66.4 Å². The van der Waals surface area contributed by atoms with Gasteiger partial charge in [0, 0.05) is 5.69 Å². The Kier molecular flexibility index (Phi) is 4.23. The highest BCUT2D eigenvalue weighted by molar-refractivity contribution is 5.95. The van der Waals surface area contributed by atoms with Crippen LogP contribution in [-0.4, -0.2) is 17.0 Å². The first-order valence-electron chi connectivity index (χ1n) is 6.73. The van der Waals surface area contributed by atoms with Gasteiger partial charge < -0.3 is 10.4 Å². The molecule has 1 aliphatic rings. The summed E-state index contributed by atoms with van der Waals surface area (Å²) in [5.74, 6) is -2.26. The number of anilines is 1. The van der Waals surface area contributed by atoms with E-state index in [9.17, 15) is 14.7 Å². The predicted molar refractivity (Wildman–Crippen MR) is 77.4 cm³/mol. The molecule has 0 saturated heterocycles.